The molecule has 0 aromatic heterocycles. The zero-order valence-electron chi connectivity index (χ0n) is 14.6. The Morgan fingerprint density at radius 1 is 1.19 bits per heavy atom. The molecule has 0 radical (unpaired) electrons. The molecule has 1 N–H and O–H groups in total. The van der Waals surface area contributed by atoms with E-state index in [-0.39, 0.29) is 0 Å². The van der Waals surface area contributed by atoms with Crippen molar-refractivity contribution < 1.29 is 4.74 Å². The topological polar surface area (TPSA) is 24.5 Å². The summed E-state index contributed by atoms with van der Waals surface area (Å²) in [7, 11) is 1.87. The maximum absolute atomic E-state index is 5.69. The van der Waals surface area contributed by atoms with Crippen LogP contribution in [-0.4, -0.2) is 48.8 Å². The highest BCUT2D eigenvalue weighted by Crippen LogP contribution is 2.48. The predicted molar refractivity (Wildman–Crippen MR) is 87.5 cm³/mol. The van der Waals surface area contributed by atoms with Crippen molar-refractivity contribution in [2.75, 3.05) is 20.2 Å². The minimum absolute atomic E-state index is 0.291. The molecule has 3 fully saturated rings. The second kappa shape index (κ2) is 5.50. The molecule has 3 aliphatic rings. The van der Waals surface area contributed by atoms with Crippen LogP contribution in [0.1, 0.15) is 59.8 Å². The van der Waals surface area contributed by atoms with Gasteiger partial charge in [0.25, 0.3) is 0 Å². The van der Waals surface area contributed by atoms with E-state index in [9.17, 15) is 0 Å². The van der Waals surface area contributed by atoms with Gasteiger partial charge in [-0.15, -0.1) is 0 Å². The monoisotopic (exact) mass is 294 g/mol. The highest BCUT2D eigenvalue weighted by atomic mass is 16.5. The molecule has 3 atom stereocenters. The first-order valence-corrected chi connectivity index (χ1v) is 8.93. The van der Waals surface area contributed by atoms with E-state index < -0.39 is 0 Å². The smallest absolute Gasteiger partial charge is 0.0652 e. The van der Waals surface area contributed by atoms with Crippen molar-refractivity contribution in [1.82, 2.24) is 10.2 Å². The molecule has 21 heavy (non-hydrogen) atoms. The third kappa shape index (κ3) is 2.55. The maximum atomic E-state index is 5.69. The standard InChI is InChI=1S/C18H34N2O/c1-13(2)14-11-19-18(8-6-7-9-18)12-20(14)15-10-16(21-5)17(15,3)4/h13-16,19H,6-12H2,1-5H3. The Morgan fingerprint density at radius 3 is 2.38 bits per heavy atom. The van der Waals surface area contributed by atoms with Crippen molar-refractivity contribution in [1.29, 1.82) is 0 Å². The number of nitrogens with zero attached hydrogens (tertiary/aromatic N) is 1. The number of nitrogens with one attached hydrogen (secondary N) is 1. The molecule has 3 nitrogen and oxygen atoms in total. The maximum Gasteiger partial charge on any atom is 0.0652 e. The summed E-state index contributed by atoms with van der Waals surface area (Å²) in [6.07, 6.45) is 7.20. The van der Waals surface area contributed by atoms with E-state index in [1.165, 1.54) is 45.2 Å². The van der Waals surface area contributed by atoms with E-state index in [2.05, 4.69) is 37.9 Å². The van der Waals surface area contributed by atoms with Gasteiger partial charge in [0.2, 0.25) is 0 Å². The number of rotatable bonds is 3. The van der Waals surface area contributed by atoms with Crippen LogP contribution in [0.3, 0.4) is 0 Å². The van der Waals surface area contributed by atoms with Crippen molar-refractivity contribution in [3.05, 3.63) is 0 Å². The van der Waals surface area contributed by atoms with Gasteiger partial charge in [-0.2, -0.15) is 0 Å². The molecule has 1 spiro atoms. The predicted octanol–water partition coefficient (Wildman–Crippen LogP) is 3.04. The zero-order valence-corrected chi connectivity index (χ0v) is 14.6. The summed E-state index contributed by atoms with van der Waals surface area (Å²) in [6, 6.07) is 1.37. The van der Waals surface area contributed by atoms with E-state index in [0.717, 1.165) is 0 Å². The molecule has 0 aromatic rings. The average molecular weight is 294 g/mol. The lowest BCUT2D eigenvalue weighted by molar-refractivity contribution is -0.161. The highest BCUT2D eigenvalue weighted by molar-refractivity contribution is 5.10. The van der Waals surface area contributed by atoms with Gasteiger partial charge in [0.15, 0.2) is 0 Å². The lowest BCUT2D eigenvalue weighted by Crippen LogP contribution is -2.72. The molecule has 2 aliphatic carbocycles. The molecular formula is C18H34N2O. The van der Waals surface area contributed by atoms with E-state index in [1.807, 2.05) is 7.11 Å². The van der Waals surface area contributed by atoms with Gasteiger partial charge in [0, 0.05) is 43.2 Å². The molecule has 0 bridgehead atoms. The fourth-order valence-corrected chi connectivity index (χ4v) is 5.13. The van der Waals surface area contributed by atoms with Crippen LogP contribution < -0.4 is 5.32 Å². The molecule has 3 heteroatoms. The first-order chi connectivity index (χ1) is 9.89. The minimum atomic E-state index is 0.291. The molecule has 2 saturated carbocycles. The van der Waals surface area contributed by atoms with Crippen molar-refractivity contribution >= 4 is 0 Å². The third-order valence-electron chi connectivity index (χ3n) is 6.74. The molecule has 1 saturated heterocycles. The number of piperazine rings is 1. The van der Waals surface area contributed by atoms with Crippen LogP contribution in [0.15, 0.2) is 0 Å². The lowest BCUT2D eigenvalue weighted by Gasteiger charge is -2.61. The van der Waals surface area contributed by atoms with Crippen LogP contribution in [0, 0.1) is 11.3 Å². The molecule has 122 valence electrons. The molecule has 1 aliphatic heterocycles. The van der Waals surface area contributed by atoms with Gasteiger partial charge in [-0.25, -0.2) is 0 Å². The molecule has 0 amide bonds. The van der Waals surface area contributed by atoms with Crippen LogP contribution in [0.2, 0.25) is 0 Å². The summed E-state index contributed by atoms with van der Waals surface area (Å²) in [5, 5.41) is 3.94. The fourth-order valence-electron chi connectivity index (χ4n) is 5.13. The molecule has 3 unspecified atom stereocenters. The van der Waals surface area contributed by atoms with Gasteiger partial charge in [-0.1, -0.05) is 40.5 Å². The number of hydrogen-bond acceptors (Lipinski definition) is 3. The summed E-state index contributed by atoms with van der Waals surface area (Å²) in [5.74, 6) is 0.716. The summed E-state index contributed by atoms with van der Waals surface area (Å²) in [4.78, 5) is 2.86. The zero-order chi connectivity index (χ0) is 15.3. The van der Waals surface area contributed by atoms with Gasteiger partial charge in [0.1, 0.15) is 0 Å². The Labute approximate surface area is 130 Å². The normalized spacial score (nSPS) is 38.9. The summed E-state index contributed by atoms with van der Waals surface area (Å²) in [5.41, 5.74) is 0.707. The van der Waals surface area contributed by atoms with Crippen LogP contribution >= 0.6 is 0 Å². The van der Waals surface area contributed by atoms with Crippen molar-refractivity contribution in [2.45, 2.75) is 83.5 Å². The van der Waals surface area contributed by atoms with Gasteiger partial charge >= 0.3 is 0 Å². The van der Waals surface area contributed by atoms with E-state index >= 15 is 0 Å². The van der Waals surface area contributed by atoms with Gasteiger partial charge in [-0.3, -0.25) is 4.90 Å². The van der Waals surface area contributed by atoms with E-state index in [4.69, 9.17) is 4.74 Å². The first kappa shape index (κ1) is 15.8. The lowest BCUT2D eigenvalue weighted by atomic mass is 9.62. The quantitative estimate of drug-likeness (QED) is 0.866. The molecular weight excluding hydrogens is 260 g/mol. The first-order valence-electron chi connectivity index (χ1n) is 8.93. The largest absolute Gasteiger partial charge is 0.381 e. The van der Waals surface area contributed by atoms with Gasteiger partial charge < -0.3 is 10.1 Å². The number of hydrogen-bond donors (Lipinski definition) is 1. The van der Waals surface area contributed by atoms with Crippen molar-refractivity contribution in [3.63, 3.8) is 0 Å². The Morgan fingerprint density at radius 2 is 1.86 bits per heavy atom. The van der Waals surface area contributed by atoms with Crippen molar-refractivity contribution in [2.24, 2.45) is 11.3 Å². The Kier molecular flexibility index (Phi) is 4.13. The van der Waals surface area contributed by atoms with Crippen molar-refractivity contribution in [3.8, 4) is 0 Å². The minimum Gasteiger partial charge on any atom is -0.381 e. The Hall–Kier alpha value is -0.120. The SMILES string of the molecule is COC1CC(N2CC3(CCCC3)NCC2C(C)C)C1(C)C. The molecule has 1 heterocycles. The second-order valence-electron chi connectivity index (χ2n) is 8.65. The Bertz CT molecular complexity index is 373. The average Bonchev–Trinajstić information content (AvgIpc) is 2.86. The summed E-state index contributed by atoms with van der Waals surface area (Å²) < 4.78 is 5.69. The Balaban J connectivity index is 1.78. The van der Waals surface area contributed by atoms with Gasteiger partial charge in [-0.05, 0) is 25.2 Å². The summed E-state index contributed by atoms with van der Waals surface area (Å²) >= 11 is 0. The van der Waals surface area contributed by atoms with Gasteiger partial charge in [0.05, 0.1) is 6.10 Å². The number of methoxy groups -OCH3 is 1. The van der Waals surface area contributed by atoms with Crippen LogP contribution in [0.5, 0.6) is 0 Å². The van der Waals surface area contributed by atoms with E-state index in [1.54, 1.807) is 0 Å². The highest BCUT2D eigenvalue weighted by Gasteiger charge is 2.55. The van der Waals surface area contributed by atoms with Crippen LogP contribution in [-0.2, 0) is 4.74 Å². The van der Waals surface area contributed by atoms with E-state index in [0.29, 0.717) is 35.1 Å². The number of ether oxygens (including phenoxy) is 1. The molecule has 0 aromatic carbocycles. The third-order valence-corrected chi connectivity index (χ3v) is 6.74. The summed E-state index contributed by atoms with van der Waals surface area (Å²) in [6.45, 7) is 12.0. The molecule has 3 rings (SSSR count). The fraction of sp³-hybridized carbons (Fsp3) is 1.00. The van der Waals surface area contributed by atoms with Crippen LogP contribution in [0.4, 0.5) is 0 Å². The van der Waals surface area contributed by atoms with Crippen LogP contribution in [0.25, 0.3) is 0 Å². The second-order valence-corrected chi connectivity index (χ2v) is 8.65.